The van der Waals surface area contributed by atoms with Gasteiger partial charge >= 0.3 is 0 Å². The van der Waals surface area contributed by atoms with Gasteiger partial charge in [-0.05, 0) is 74.8 Å². The zero-order chi connectivity index (χ0) is 21.0. The molecule has 0 spiro atoms. The van der Waals surface area contributed by atoms with E-state index in [0.717, 1.165) is 38.5 Å². The van der Waals surface area contributed by atoms with Gasteiger partial charge in [0, 0.05) is 11.1 Å². The lowest BCUT2D eigenvalue weighted by Crippen LogP contribution is -2.15. The quantitative estimate of drug-likeness (QED) is 0.337. The predicted octanol–water partition coefficient (Wildman–Crippen LogP) is 8.10. The summed E-state index contributed by atoms with van der Waals surface area (Å²) < 4.78 is 58.2. The molecule has 2 aromatic carbocycles. The van der Waals surface area contributed by atoms with Crippen LogP contribution in [0.5, 0.6) is 0 Å². The zero-order valence-corrected chi connectivity index (χ0v) is 17.1. The lowest BCUT2D eigenvalue weighted by molar-refractivity contribution is 0.306. The summed E-state index contributed by atoms with van der Waals surface area (Å²) in [7, 11) is 0. The molecule has 0 bridgehead atoms. The Balaban J connectivity index is 1.80. The molecule has 1 fully saturated rings. The van der Waals surface area contributed by atoms with E-state index in [2.05, 4.69) is 12.2 Å². The summed E-state index contributed by atoms with van der Waals surface area (Å²) in [6, 6.07) is 5.68. The van der Waals surface area contributed by atoms with E-state index in [4.69, 9.17) is 0 Å². The minimum Gasteiger partial charge on any atom is -0.203 e. The molecule has 0 saturated heterocycles. The second-order valence-electron chi connectivity index (χ2n) is 7.95. The zero-order valence-electron chi connectivity index (χ0n) is 17.1. The Labute approximate surface area is 170 Å². The molecule has 0 N–H and O–H groups in total. The van der Waals surface area contributed by atoms with Crippen molar-refractivity contribution < 1.29 is 17.6 Å². The maximum atomic E-state index is 14.9. The monoisotopic (exact) mass is 404 g/mol. The van der Waals surface area contributed by atoms with E-state index >= 15 is 0 Å². The number of aryl methyl sites for hydroxylation is 1. The number of halogens is 4. The van der Waals surface area contributed by atoms with Crippen LogP contribution in [0.2, 0.25) is 0 Å². The molecule has 1 saturated carbocycles. The largest absolute Gasteiger partial charge is 0.203 e. The van der Waals surface area contributed by atoms with Crippen molar-refractivity contribution in [2.75, 3.05) is 0 Å². The summed E-state index contributed by atoms with van der Waals surface area (Å²) in [6.07, 6.45) is 10.4. The number of allylic oxidation sites excluding steroid dienone is 2. The van der Waals surface area contributed by atoms with Crippen molar-refractivity contribution in [1.29, 1.82) is 0 Å². The van der Waals surface area contributed by atoms with Gasteiger partial charge < -0.3 is 0 Å². The van der Waals surface area contributed by atoms with Crippen LogP contribution in [0, 0.1) is 29.2 Å². The van der Waals surface area contributed by atoms with Crippen LogP contribution >= 0.6 is 0 Å². The fraction of sp³-hybridized carbons (Fsp3) is 0.440. The Bertz CT molecular complexity index is 877. The molecule has 0 heterocycles. The highest BCUT2D eigenvalue weighted by molar-refractivity contribution is 5.66. The molecular formula is C25H28F4. The minimum atomic E-state index is -1.13. The second-order valence-corrected chi connectivity index (χ2v) is 7.95. The van der Waals surface area contributed by atoms with E-state index in [0.29, 0.717) is 17.9 Å². The first-order valence-electron chi connectivity index (χ1n) is 10.5. The highest BCUT2D eigenvalue weighted by Crippen LogP contribution is 2.40. The van der Waals surface area contributed by atoms with Crippen molar-refractivity contribution in [1.82, 2.24) is 0 Å². The van der Waals surface area contributed by atoms with Crippen molar-refractivity contribution in [3.63, 3.8) is 0 Å². The van der Waals surface area contributed by atoms with Gasteiger partial charge in [0.2, 0.25) is 0 Å². The molecule has 0 unspecified atom stereocenters. The third kappa shape index (κ3) is 4.57. The third-order valence-corrected chi connectivity index (χ3v) is 6.21. The fourth-order valence-corrected chi connectivity index (χ4v) is 4.42. The smallest absolute Gasteiger partial charge is 0.167 e. The van der Waals surface area contributed by atoms with Crippen LogP contribution in [-0.4, -0.2) is 0 Å². The number of hydrogen-bond donors (Lipinski definition) is 0. The van der Waals surface area contributed by atoms with Crippen LogP contribution in [0.15, 0.2) is 36.4 Å². The van der Waals surface area contributed by atoms with Crippen molar-refractivity contribution >= 4 is 0 Å². The summed E-state index contributed by atoms with van der Waals surface area (Å²) in [6.45, 7) is 3.72. The summed E-state index contributed by atoms with van der Waals surface area (Å²) in [5, 5.41) is 0. The molecule has 0 amide bonds. The molecule has 2 aromatic rings. The van der Waals surface area contributed by atoms with Gasteiger partial charge in [-0.3, -0.25) is 0 Å². The van der Waals surface area contributed by atoms with Gasteiger partial charge in [0.05, 0.1) is 0 Å². The predicted molar refractivity (Wildman–Crippen MR) is 110 cm³/mol. The van der Waals surface area contributed by atoms with Gasteiger partial charge in [0.15, 0.2) is 23.3 Å². The Kier molecular flexibility index (Phi) is 7.15. The normalized spacial score (nSPS) is 19.8. The molecule has 0 nitrogen and oxygen atoms in total. The van der Waals surface area contributed by atoms with Gasteiger partial charge in [0.1, 0.15) is 0 Å². The highest BCUT2D eigenvalue weighted by Gasteiger charge is 2.27. The summed E-state index contributed by atoms with van der Waals surface area (Å²) in [5.74, 6) is -3.55. The maximum Gasteiger partial charge on any atom is 0.167 e. The lowest BCUT2D eigenvalue weighted by atomic mass is 9.77. The molecule has 1 aliphatic carbocycles. The SMILES string of the molecule is C/C=C/CCC1CCC(c2ccc(-c3ccc(CC)c(F)c3F)c(F)c2F)CC1. The molecule has 3 rings (SSSR count). The molecule has 0 aliphatic heterocycles. The van der Waals surface area contributed by atoms with E-state index < -0.39 is 23.3 Å². The summed E-state index contributed by atoms with van der Waals surface area (Å²) in [5.41, 5.74) is 0.0971. The van der Waals surface area contributed by atoms with Gasteiger partial charge in [-0.15, -0.1) is 0 Å². The average Bonchev–Trinajstić information content (AvgIpc) is 2.73. The first-order chi connectivity index (χ1) is 14.0. The molecule has 4 heteroatoms. The van der Waals surface area contributed by atoms with Crippen LogP contribution in [0.3, 0.4) is 0 Å². The topological polar surface area (TPSA) is 0 Å². The number of benzene rings is 2. The standard InChI is InChI=1S/C25H28F4/c1-3-5-6-7-16-8-10-18(11-9-16)19-14-15-21(25(29)23(19)27)20-13-12-17(4-2)22(26)24(20)28/h3,5,12-16,18H,4,6-11H2,1-2H3/b5-3+. The third-order valence-electron chi connectivity index (χ3n) is 6.21. The van der Waals surface area contributed by atoms with Crippen LogP contribution in [0.4, 0.5) is 17.6 Å². The molecular weight excluding hydrogens is 376 g/mol. The maximum absolute atomic E-state index is 14.9. The molecule has 0 aromatic heterocycles. The molecule has 1 aliphatic rings. The molecule has 0 radical (unpaired) electrons. The highest BCUT2D eigenvalue weighted by atomic mass is 19.2. The van der Waals surface area contributed by atoms with Crippen LogP contribution in [0.1, 0.15) is 69.4 Å². The van der Waals surface area contributed by atoms with Crippen LogP contribution in [-0.2, 0) is 6.42 Å². The van der Waals surface area contributed by atoms with Crippen molar-refractivity contribution in [3.8, 4) is 11.1 Å². The Morgan fingerprint density at radius 1 is 0.828 bits per heavy atom. The van der Waals surface area contributed by atoms with Crippen molar-refractivity contribution in [3.05, 3.63) is 70.8 Å². The summed E-state index contributed by atoms with van der Waals surface area (Å²) in [4.78, 5) is 0. The second kappa shape index (κ2) is 9.60. The van der Waals surface area contributed by atoms with E-state index in [1.165, 1.54) is 18.2 Å². The van der Waals surface area contributed by atoms with E-state index in [9.17, 15) is 17.6 Å². The van der Waals surface area contributed by atoms with Gasteiger partial charge in [0.25, 0.3) is 0 Å². The first kappa shape index (κ1) is 21.6. The number of hydrogen-bond acceptors (Lipinski definition) is 0. The Morgan fingerprint density at radius 2 is 1.45 bits per heavy atom. The van der Waals surface area contributed by atoms with Crippen molar-refractivity contribution in [2.45, 2.75) is 64.7 Å². The Morgan fingerprint density at radius 3 is 2.07 bits per heavy atom. The molecule has 29 heavy (non-hydrogen) atoms. The fourth-order valence-electron chi connectivity index (χ4n) is 4.42. The van der Waals surface area contributed by atoms with Crippen LogP contribution < -0.4 is 0 Å². The van der Waals surface area contributed by atoms with E-state index in [1.54, 1.807) is 13.0 Å². The van der Waals surface area contributed by atoms with E-state index in [1.807, 2.05) is 6.92 Å². The molecule has 0 atom stereocenters. The molecule has 156 valence electrons. The van der Waals surface area contributed by atoms with Crippen LogP contribution in [0.25, 0.3) is 11.1 Å². The average molecular weight is 404 g/mol. The van der Waals surface area contributed by atoms with E-state index in [-0.39, 0.29) is 22.6 Å². The lowest BCUT2D eigenvalue weighted by Gasteiger charge is -2.29. The summed E-state index contributed by atoms with van der Waals surface area (Å²) >= 11 is 0. The minimum absolute atomic E-state index is 0.0273. The van der Waals surface area contributed by atoms with Crippen molar-refractivity contribution in [2.24, 2.45) is 5.92 Å². The van der Waals surface area contributed by atoms with Gasteiger partial charge in [-0.2, -0.15) is 0 Å². The number of rotatable bonds is 6. The Hall–Kier alpha value is -2.10. The van der Waals surface area contributed by atoms with Gasteiger partial charge in [-0.1, -0.05) is 43.3 Å². The first-order valence-corrected chi connectivity index (χ1v) is 10.5. The van der Waals surface area contributed by atoms with Gasteiger partial charge in [-0.25, -0.2) is 17.6 Å².